The van der Waals surface area contributed by atoms with Crippen molar-refractivity contribution in [3.63, 3.8) is 0 Å². The van der Waals surface area contributed by atoms with Crippen LogP contribution in [0.1, 0.15) is 47.2 Å². The van der Waals surface area contributed by atoms with Gasteiger partial charge in [-0.05, 0) is 62.7 Å². The van der Waals surface area contributed by atoms with Gasteiger partial charge in [-0.3, -0.25) is 24.6 Å². The Labute approximate surface area is 203 Å². The van der Waals surface area contributed by atoms with Crippen LogP contribution in [0.15, 0.2) is 36.4 Å². The summed E-state index contributed by atoms with van der Waals surface area (Å²) in [6.07, 6.45) is 2.97. The van der Waals surface area contributed by atoms with E-state index in [0.717, 1.165) is 25.2 Å². The van der Waals surface area contributed by atoms with Gasteiger partial charge in [0, 0.05) is 48.4 Å². The first-order chi connectivity index (χ1) is 17.0. The predicted molar refractivity (Wildman–Crippen MR) is 127 cm³/mol. The lowest BCUT2D eigenvalue weighted by Crippen LogP contribution is -2.52. The number of fused-ring (bicyclic) bond motifs is 1. The molecule has 9 heteroatoms. The van der Waals surface area contributed by atoms with Gasteiger partial charge in [-0.2, -0.15) is 0 Å². The van der Waals surface area contributed by atoms with E-state index in [2.05, 4.69) is 15.5 Å². The molecule has 0 bridgehead atoms. The van der Waals surface area contributed by atoms with Gasteiger partial charge in [-0.25, -0.2) is 4.39 Å². The van der Waals surface area contributed by atoms with Crippen molar-refractivity contribution in [3.8, 4) is 5.75 Å². The molecule has 35 heavy (non-hydrogen) atoms. The summed E-state index contributed by atoms with van der Waals surface area (Å²) in [6, 6.07) is 9.41. The summed E-state index contributed by atoms with van der Waals surface area (Å²) in [4.78, 5) is 40.7. The molecule has 2 N–H and O–H groups in total. The number of benzene rings is 2. The lowest BCUT2D eigenvalue weighted by atomic mass is 10.0. The smallest absolute Gasteiger partial charge is 0.255 e. The SMILES string of the molecule is O=C1CC[C@H](N2Cc3c(NCc4cc(OCCN5CCCC5)ccc4F)cccc3C2=O)C(=O)N1. The molecule has 1 atom stereocenters. The Balaban J connectivity index is 1.24. The topological polar surface area (TPSA) is 91.0 Å². The summed E-state index contributed by atoms with van der Waals surface area (Å²) in [5.74, 6) is -0.710. The molecule has 3 aliphatic heterocycles. The Kier molecular flexibility index (Phi) is 6.68. The molecule has 8 nitrogen and oxygen atoms in total. The summed E-state index contributed by atoms with van der Waals surface area (Å²) in [5.41, 5.74) is 2.46. The highest BCUT2D eigenvalue weighted by Crippen LogP contribution is 2.32. The number of carbonyl (C=O) groups excluding carboxylic acids is 3. The number of imide groups is 1. The third kappa shape index (κ3) is 5.00. The van der Waals surface area contributed by atoms with E-state index in [1.807, 2.05) is 6.07 Å². The average molecular weight is 481 g/mol. The second-order valence-corrected chi connectivity index (χ2v) is 9.24. The molecule has 3 heterocycles. The van der Waals surface area contributed by atoms with Crippen molar-refractivity contribution in [2.24, 2.45) is 0 Å². The van der Waals surface area contributed by atoms with Gasteiger partial charge in [-0.1, -0.05) is 6.07 Å². The molecule has 2 aromatic rings. The van der Waals surface area contributed by atoms with E-state index in [9.17, 15) is 18.8 Å². The highest BCUT2D eigenvalue weighted by molar-refractivity contribution is 6.06. The number of nitrogens with one attached hydrogen (secondary N) is 2. The number of anilines is 1. The summed E-state index contributed by atoms with van der Waals surface area (Å²) in [5, 5.41) is 5.57. The van der Waals surface area contributed by atoms with Gasteiger partial charge in [0.1, 0.15) is 24.2 Å². The van der Waals surface area contributed by atoms with E-state index in [4.69, 9.17) is 4.74 Å². The number of halogens is 1. The number of piperidine rings is 1. The quantitative estimate of drug-likeness (QED) is 0.565. The van der Waals surface area contributed by atoms with Crippen molar-refractivity contribution in [2.75, 3.05) is 31.6 Å². The first-order valence-electron chi connectivity index (χ1n) is 12.1. The number of carbonyl (C=O) groups is 3. The second-order valence-electron chi connectivity index (χ2n) is 9.24. The standard InChI is InChI=1S/C26H29FN4O4/c27-21-7-6-18(35-13-12-30-10-1-2-11-30)14-17(21)15-28-22-5-3-4-19-20(22)16-31(26(19)34)23-8-9-24(32)29-25(23)33/h3-7,14,23,28H,1-2,8-13,15-16H2,(H,29,32,33)/t23-/m0/s1. The average Bonchev–Trinajstić information content (AvgIpc) is 3.48. The lowest BCUT2D eigenvalue weighted by molar-refractivity contribution is -0.136. The second kappa shape index (κ2) is 10.0. The Morgan fingerprint density at radius 3 is 2.74 bits per heavy atom. The maximum Gasteiger partial charge on any atom is 0.255 e. The highest BCUT2D eigenvalue weighted by Gasteiger charge is 2.39. The summed E-state index contributed by atoms with van der Waals surface area (Å²) in [6.45, 7) is 4.10. The van der Waals surface area contributed by atoms with Crippen LogP contribution in [0.4, 0.5) is 10.1 Å². The minimum Gasteiger partial charge on any atom is -0.492 e. The van der Waals surface area contributed by atoms with Crippen LogP contribution in [0.5, 0.6) is 5.75 Å². The third-order valence-electron chi connectivity index (χ3n) is 6.94. The summed E-state index contributed by atoms with van der Waals surface area (Å²) < 4.78 is 20.4. The fourth-order valence-electron chi connectivity index (χ4n) is 5.02. The van der Waals surface area contributed by atoms with E-state index in [1.165, 1.54) is 23.8 Å². The molecule has 0 aromatic heterocycles. The number of likely N-dealkylation sites (tertiary alicyclic amines) is 1. The molecule has 184 valence electrons. The molecule has 2 aromatic carbocycles. The minimum atomic E-state index is -0.674. The van der Waals surface area contributed by atoms with Crippen LogP contribution in [-0.2, 0) is 22.7 Å². The molecule has 0 radical (unpaired) electrons. The molecule has 0 aliphatic carbocycles. The van der Waals surface area contributed by atoms with Gasteiger partial charge in [-0.15, -0.1) is 0 Å². The van der Waals surface area contributed by atoms with Gasteiger partial charge in [0.2, 0.25) is 11.8 Å². The molecular formula is C26H29FN4O4. The van der Waals surface area contributed by atoms with Crippen molar-refractivity contribution in [1.29, 1.82) is 0 Å². The van der Waals surface area contributed by atoms with Crippen LogP contribution in [0.2, 0.25) is 0 Å². The molecular weight excluding hydrogens is 451 g/mol. The zero-order valence-corrected chi connectivity index (χ0v) is 19.5. The third-order valence-corrected chi connectivity index (χ3v) is 6.94. The van der Waals surface area contributed by atoms with Gasteiger partial charge in [0.15, 0.2) is 0 Å². The highest BCUT2D eigenvalue weighted by atomic mass is 19.1. The Morgan fingerprint density at radius 2 is 1.94 bits per heavy atom. The molecule has 5 rings (SSSR count). The van der Waals surface area contributed by atoms with E-state index in [1.54, 1.807) is 24.3 Å². The van der Waals surface area contributed by atoms with Crippen molar-refractivity contribution < 1.29 is 23.5 Å². The number of rotatable bonds is 8. The van der Waals surface area contributed by atoms with E-state index in [0.29, 0.717) is 35.6 Å². The zero-order valence-electron chi connectivity index (χ0n) is 19.5. The number of hydrogen-bond donors (Lipinski definition) is 2. The molecule has 2 fully saturated rings. The largest absolute Gasteiger partial charge is 0.492 e. The zero-order chi connectivity index (χ0) is 24.4. The van der Waals surface area contributed by atoms with Gasteiger partial charge in [0.25, 0.3) is 5.91 Å². The first kappa shape index (κ1) is 23.3. The molecule has 3 amide bonds. The van der Waals surface area contributed by atoms with Gasteiger partial charge >= 0.3 is 0 Å². The number of hydrogen-bond acceptors (Lipinski definition) is 6. The van der Waals surface area contributed by atoms with Crippen molar-refractivity contribution >= 4 is 23.4 Å². The van der Waals surface area contributed by atoms with E-state index < -0.39 is 11.9 Å². The number of ether oxygens (including phenoxy) is 1. The van der Waals surface area contributed by atoms with Crippen molar-refractivity contribution in [3.05, 3.63) is 58.9 Å². The molecule has 0 spiro atoms. The summed E-state index contributed by atoms with van der Waals surface area (Å²) in [7, 11) is 0. The maximum atomic E-state index is 14.5. The minimum absolute atomic E-state index is 0.206. The fourth-order valence-corrected chi connectivity index (χ4v) is 5.02. The Hall–Kier alpha value is -3.46. The van der Waals surface area contributed by atoms with E-state index >= 15 is 0 Å². The fraction of sp³-hybridized carbons (Fsp3) is 0.423. The summed E-state index contributed by atoms with van der Waals surface area (Å²) >= 11 is 0. The van der Waals surface area contributed by atoms with Gasteiger partial charge < -0.3 is 15.0 Å². The van der Waals surface area contributed by atoms with Crippen LogP contribution in [-0.4, -0.2) is 59.8 Å². The number of amides is 3. The van der Waals surface area contributed by atoms with Crippen LogP contribution in [0.25, 0.3) is 0 Å². The van der Waals surface area contributed by atoms with Crippen molar-refractivity contribution in [1.82, 2.24) is 15.1 Å². The molecule has 3 aliphatic rings. The van der Waals surface area contributed by atoms with Crippen LogP contribution < -0.4 is 15.4 Å². The molecule has 2 saturated heterocycles. The van der Waals surface area contributed by atoms with Crippen LogP contribution in [0.3, 0.4) is 0 Å². The predicted octanol–water partition coefficient (Wildman–Crippen LogP) is 2.67. The Bertz CT molecular complexity index is 1150. The van der Waals surface area contributed by atoms with Crippen LogP contribution >= 0.6 is 0 Å². The van der Waals surface area contributed by atoms with Gasteiger partial charge in [0.05, 0.1) is 0 Å². The van der Waals surface area contributed by atoms with E-state index in [-0.39, 0.29) is 37.1 Å². The first-order valence-corrected chi connectivity index (χ1v) is 12.1. The van der Waals surface area contributed by atoms with Crippen LogP contribution in [0, 0.1) is 5.82 Å². The van der Waals surface area contributed by atoms with Crippen molar-refractivity contribution in [2.45, 2.75) is 44.8 Å². The maximum absolute atomic E-state index is 14.5. The Morgan fingerprint density at radius 1 is 1.11 bits per heavy atom. The molecule has 0 saturated carbocycles. The monoisotopic (exact) mass is 480 g/mol. The molecule has 0 unspecified atom stereocenters. The lowest BCUT2D eigenvalue weighted by Gasteiger charge is -2.29. The number of nitrogens with zero attached hydrogens (tertiary/aromatic N) is 2. The normalized spacial score (nSPS) is 20.2.